The minimum atomic E-state index is -4.13. The second-order valence-corrected chi connectivity index (χ2v) is 10.7. The molecule has 2 bridgehead atoms. The number of ether oxygens (including phenoxy) is 1. The van der Waals surface area contributed by atoms with E-state index in [0.717, 1.165) is 12.1 Å². The van der Waals surface area contributed by atoms with Gasteiger partial charge in [-0.3, -0.25) is 14.3 Å². The summed E-state index contributed by atoms with van der Waals surface area (Å²) in [5.41, 5.74) is 0.853. The Bertz CT molecular complexity index is 1540. The Hall–Kier alpha value is -4.10. The van der Waals surface area contributed by atoms with Gasteiger partial charge in [-0.25, -0.2) is 8.42 Å². The molecule has 9 nitrogen and oxygen atoms in total. The van der Waals surface area contributed by atoms with Crippen LogP contribution in [-0.2, 0) is 16.6 Å². The van der Waals surface area contributed by atoms with Crippen molar-refractivity contribution in [2.45, 2.75) is 23.8 Å². The smallest absolute Gasteiger partial charge is 0.275 e. The lowest BCUT2D eigenvalue weighted by atomic mass is 9.83. The quantitative estimate of drug-likeness (QED) is 0.570. The number of fused-ring (bicyclic) bond motifs is 4. The number of carbonyl (C=O) groups is 1. The molecule has 0 saturated carbocycles. The molecule has 1 fully saturated rings. The number of aromatic nitrogens is 1. The van der Waals surface area contributed by atoms with Gasteiger partial charge in [-0.05, 0) is 60.9 Å². The van der Waals surface area contributed by atoms with Crippen molar-refractivity contribution < 1.29 is 17.9 Å². The number of nitrogens with one attached hydrogen (secondary N) is 1. The Morgan fingerprint density at radius 1 is 1.06 bits per heavy atom. The number of hydrogen-bond acceptors (Lipinski definition) is 6. The van der Waals surface area contributed by atoms with E-state index in [1.165, 1.54) is 24.3 Å². The van der Waals surface area contributed by atoms with E-state index in [2.05, 4.69) is 4.72 Å². The summed E-state index contributed by atoms with van der Waals surface area (Å²) in [6, 6.07) is 17.9. The van der Waals surface area contributed by atoms with E-state index in [4.69, 9.17) is 4.74 Å². The molecule has 0 radical (unpaired) electrons. The molecule has 10 heteroatoms. The van der Waals surface area contributed by atoms with Crippen LogP contribution in [0.5, 0.6) is 5.75 Å². The number of rotatable bonds is 5. The van der Waals surface area contributed by atoms with Crippen LogP contribution in [0.1, 0.15) is 34.0 Å². The summed E-state index contributed by atoms with van der Waals surface area (Å²) in [7, 11) is -2.55. The Morgan fingerprint density at radius 3 is 2.53 bits per heavy atom. The van der Waals surface area contributed by atoms with Gasteiger partial charge in [0.25, 0.3) is 21.5 Å². The van der Waals surface area contributed by atoms with Gasteiger partial charge in [0.1, 0.15) is 22.4 Å². The lowest BCUT2D eigenvalue weighted by Gasteiger charge is -2.43. The van der Waals surface area contributed by atoms with Gasteiger partial charge in [-0.1, -0.05) is 12.1 Å². The maximum absolute atomic E-state index is 13.3. The first-order valence-electron chi connectivity index (χ1n) is 11.5. The fourth-order valence-corrected chi connectivity index (χ4v) is 6.31. The van der Waals surface area contributed by atoms with Crippen LogP contribution in [-0.4, -0.2) is 44.0 Å². The van der Waals surface area contributed by atoms with Gasteiger partial charge in [0.2, 0.25) is 0 Å². The van der Waals surface area contributed by atoms with E-state index in [1.54, 1.807) is 48.1 Å². The number of likely N-dealkylation sites (tertiary alicyclic amines) is 1. The number of piperidine rings is 1. The molecule has 1 aromatic heterocycles. The predicted molar refractivity (Wildman–Crippen MR) is 132 cm³/mol. The first-order valence-corrected chi connectivity index (χ1v) is 13.0. The molecule has 1 N–H and O–H groups in total. The van der Waals surface area contributed by atoms with Gasteiger partial charge in [0.05, 0.1) is 12.7 Å². The molecule has 1 amide bonds. The maximum Gasteiger partial charge on any atom is 0.275 e. The largest absolute Gasteiger partial charge is 0.497 e. The molecular weight excluding hydrogens is 480 g/mol. The molecule has 2 atom stereocenters. The van der Waals surface area contributed by atoms with Gasteiger partial charge < -0.3 is 14.2 Å². The number of nitriles is 1. The molecule has 184 valence electrons. The third-order valence-corrected chi connectivity index (χ3v) is 8.19. The Labute approximate surface area is 208 Å². The standard InChI is InChI=1S/C26H24N4O5S/c1-35-21-8-6-18(7-9-21)25(31)29-14-17-12-20(16-29)23-11-10-22(26(32)30(23)15-17)28-36(33,34)24-5-3-2-4-19(24)13-27/h2-11,17,20,28H,12,14-16H2,1H3/t17-,20+/m0/s1. The van der Waals surface area contributed by atoms with Crippen LogP contribution in [0.25, 0.3) is 0 Å². The Kier molecular flexibility index (Phi) is 6.02. The maximum atomic E-state index is 13.3. The van der Waals surface area contributed by atoms with Gasteiger partial charge in [-0.15, -0.1) is 0 Å². The third kappa shape index (κ3) is 4.22. The van der Waals surface area contributed by atoms with Crippen LogP contribution in [0.4, 0.5) is 5.69 Å². The number of methoxy groups -OCH3 is 1. The zero-order valence-corrected chi connectivity index (χ0v) is 20.4. The second kappa shape index (κ2) is 9.17. The lowest BCUT2D eigenvalue weighted by molar-refractivity contribution is 0.0594. The summed E-state index contributed by atoms with van der Waals surface area (Å²) in [4.78, 5) is 28.1. The van der Waals surface area contributed by atoms with Crippen molar-refractivity contribution in [2.75, 3.05) is 24.9 Å². The third-order valence-electron chi connectivity index (χ3n) is 6.77. The number of anilines is 1. The molecule has 3 aromatic rings. The predicted octanol–water partition coefficient (Wildman–Crippen LogP) is 2.79. The topological polar surface area (TPSA) is 122 Å². The molecule has 2 aromatic carbocycles. The highest BCUT2D eigenvalue weighted by Gasteiger charge is 2.37. The van der Waals surface area contributed by atoms with Gasteiger partial charge >= 0.3 is 0 Å². The SMILES string of the molecule is COc1ccc(C(=O)N2C[C@@H]3C[C@H](C2)c2ccc(NS(=O)(=O)c4ccccc4C#N)c(=O)n2C3)cc1. The average Bonchev–Trinajstić information content (AvgIpc) is 2.90. The van der Waals surface area contributed by atoms with Crippen LogP contribution in [0.2, 0.25) is 0 Å². The molecule has 2 aliphatic rings. The van der Waals surface area contributed by atoms with Gasteiger partial charge in [-0.2, -0.15) is 5.26 Å². The minimum Gasteiger partial charge on any atom is -0.497 e. The summed E-state index contributed by atoms with van der Waals surface area (Å²) in [6.45, 7) is 1.38. The van der Waals surface area contributed by atoms with Crippen molar-refractivity contribution >= 4 is 21.6 Å². The fraction of sp³-hybridized carbons (Fsp3) is 0.269. The van der Waals surface area contributed by atoms with E-state index >= 15 is 0 Å². The molecule has 2 aliphatic heterocycles. The highest BCUT2D eigenvalue weighted by atomic mass is 32.2. The molecule has 3 heterocycles. The number of carbonyl (C=O) groups excluding carboxylic acids is 1. The van der Waals surface area contributed by atoms with Crippen LogP contribution >= 0.6 is 0 Å². The average molecular weight is 505 g/mol. The zero-order chi connectivity index (χ0) is 25.4. The molecule has 0 aliphatic carbocycles. The van der Waals surface area contributed by atoms with Crippen molar-refractivity contribution in [1.29, 1.82) is 5.26 Å². The number of nitrogens with zero attached hydrogens (tertiary/aromatic N) is 3. The fourth-order valence-electron chi connectivity index (χ4n) is 5.10. The van der Waals surface area contributed by atoms with E-state index < -0.39 is 15.6 Å². The first kappa shape index (κ1) is 23.6. The molecule has 1 saturated heterocycles. The summed E-state index contributed by atoms with van der Waals surface area (Å²) in [5.74, 6) is 0.654. The van der Waals surface area contributed by atoms with Crippen molar-refractivity contribution in [2.24, 2.45) is 5.92 Å². The first-order chi connectivity index (χ1) is 17.3. The summed E-state index contributed by atoms with van der Waals surface area (Å²) >= 11 is 0. The summed E-state index contributed by atoms with van der Waals surface area (Å²) in [6.07, 6.45) is 0.854. The van der Waals surface area contributed by atoms with E-state index in [9.17, 15) is 23.3 Å². The normalized spacial score (nSPS) is 18.6. The van der Waals surface area contributed by atoms with Crippen LogP contribution < -0.4 is 15.0 Å². The van der Waals surface area contributed by atoms with E-state index in [0.29, 0.717) is 30.9 Å². The highest BCUT2D eigenvalue weighted by molar-refractivity contribution is 7.92. The Morgan fingerprint density at radius 2 is 1.81 bits per heavy atom. The number of pyridine rings is 1. The van der Waals surface area contributed by atoms with Crippen molar-refractivity contribution in [3.8, 4) is 11.8 Å². The van der Waals surface area contributed by atoms with Crippen molar-refractivity contribution in [3.05, 3.63) is 87.8 Å². The monoisotopic (exact) mass is 504 g/mol. The molecule has 0 spiro atoms. The second-order valence-electron chi connectivity index (χ2n) is 9.04. The van der Waals surface area contributed by atoms with E-state index in [1.807, 2.05) is 11.0 Å². The molecular formula is C26H24N4O5S. The molecule has 5 rings (SSSR count). The van der Waals surface area contributed by atoms with Gasteiger partial charge in [0.15, 0.2) is 0 Å². The van der Waals surface area contributed by atoms with Crippen LogP contribution in [0.3, 0.4) is 0 Å². The number of sulfonamides is 1. The lowest BCUT2D eigenvalue weighted by Crippen LogP contribution is -2.49. The number of hydrogen-bond donors (Lipinski definition) is 1. The Balaban J connectivity index is 1.40. The minimum absolute atomic E-state index is 0.000729. The molecule has 36 heavy (non-hydrogen) atoms. The van der Waals surface area contributed by atoms with Crippen LogP contribution in [0, 0.1) is 17.2 Å². The molecule has 0 unspecified atom stereocenters. The van der Waals surface area contributed by atoms with Gasteiger partial charge in [0, 0.05) is 36.8 Å². The summed E-state index contributed by atoms with van der Waals surface area (Å²) in [5, 5.41) is 9.27. The van der Waals surface area contributed by atoms with E-state index in [-0.39, 0.29) is 33.9 Å². The van der Waals surface area contributed by atoms with Crippen molar-refractivity contribution in [1.82, 2.24) is 9.47 Å². The van der Waals surface area contributed by atoms with Crippen molar-refractivity contribution in [3.63, 3.8) is 0 Å². The summed E-state index contributed by atoms with van der Waals surface area (Å²) < 4.78 is 35.0. The van der Waals surface area contributed by atoms with Crippen LogP contribution in [0.15, 0.2) is 70.4 Å². The highest BCUT2D eigenvalue weighted by Crippen LogP contribution is 2.36. The number of benzene rings is 2. The zero-order valence-electron chi connectivity index (χ0n) is 19.5. The number of amides is 1.